The van der Waals surface area contributed by atoms with Crippen LogP contribution in [0.25, 0.3) is 0 Å². The van der Waals surface area contributed by atoms with E-state index in [2.05, 4.69) is 16.1 Å². The van der Waals surface area contributed by atoms with E-state index in [1.807, 2.05) is 0 Å². The van der Waals surface area contributed by atoms with E-state index in [1.165, 1.54) is 0 Å². The normalized spacial score (nSPS) is 15.6. The van der Waals surface area contributed by atoms with Crippen LogP contribution in [0.5, 0.6) is 0 Å². The van der Waals surface area contributed by atoms with Crippen molar-refractivity contribution >= 4 is 11.9 Å². The zero-order chi connectivity index (χ0) is 27.9. The van der Waals surface area contributed by atoms with Crippen molar-refractivity contribution in [3.8, 4) is 0 Å². The lowest BCUT2D eigenvalue weighted by molar-refractivity contribution is -0.450. The van der Waals surface area contributed by atoms with Gasteiger partial charge < -0.3 is 9.47 Å². The average Bonchev–Trinajstić information content (AvgIpc) is 2.65. The van der Waals surface area contributed by atoms with Gasteiger partial charge in [-0.2, -0.15) is 65.9 Å². The minimum atomic E-state index is -8.54. The highest BCUT2D eigenvalue weighted by molar-refractivity contribution is 5.87. The second-order valence-electron chi connectivity index (χ2n) is 6.37. The minimum Gasteiger partial charge on any atom is -0.422 e. The summed E-state index contributed by atoms with van der Waals surface area (Å²) in [6.07, 6.45) is -11.2. The molecular weight excluding hydrogens is 529 g/mol. The second-order valence-corrected chi connectivity index (χ2v) is 6.37. The van der Waals surface area contributed by atoms with Gasteiger partial charge in [0.15, 0.2) is 0 Å². The van der Waals surface area contributed by atoms with Gasteiger partial charge in [-0.3, -0.25) is 0 Å². The molecule has 0 bridgehead atoms. The van der Waals surface area contributed by atoms with Gasteiger partial charge in [-0.15, -0.1) is 0 Å². The highest BCUT2D eigenvalue weighted by Gasteiger charge is 2.94. The average molecular weight is 540 g/mol. The number of esters is 2. The molecule has 0 aromatic rings. The first-order chi connectivity index (χ1) is 14.7. The van der Waals surface area contributed by atoms with E-state index in [4.69, 9.17) is 0 Å². The highest BCUT2D eigenvalue weighted by Crippen LogP contribution is 2.62. The Hall–Kier alpha value is -2.37. The minimum absolute atomic E-state index is 0.523. The number of carbonyl (C=O) groups excluding carboxylic acids is 2. The Morgan fingerprint density at radius 2 is 1.03 bits per heavy atom. The molecule has 0 aliphatic rings. The number of ether oxygens (including phenoxy) is 2. The summed E-state index contributed by atoms with van der Waals surface area (Å²) < 4.78 is 204. The van der Waals surface area contributed by atoms with E-state index in [-0.39, 0.29) is 0 Å². The molecule has 0 rings (SSSR count). The van der Waals surface area contributed by atoms with Gasteiger partial charge in [-0.1, -0.05) is 13.5 Å². The van der Waals surface area contributed by atoms with Crippen molar-refractivity contribution < 1.29 is 84.9 Å². The van der Waals surface area contributed by atoms with Crippen molar-refractivity contribution in [2.75, 3.05) is 0 Å². The lowest BCUT2D eigenvalue weighted by Gasteiger charge is -2.40. The molecule has 0 radical (unpaired) electrons. The summed E-state index contributed by atoms with van der Waals surface area (Å²) in [5, 5.41) is 0. The van der Waals surface area contributed by atoms with E-state index >= 15 is 0 Å². The Kier molecular flexibility index (Phi) is 8.38. The lowest BCUT2D eigenvalue weighted by Crippen LogP contribution is -2.73. The Balaban J connectivity index is 6.37. The third kappa shape index (κ3) is 4.73. The molecule has 1 atom stereocenters. The molecule has 19 heteroatoms. The number of halogens is 15. The third-order valence-electron chi connectivity index (χ3n) is 3.74. The molecular formula is C15H11F15O4. The first-order valence-corrected chi connectivity index (χ1v) is 8.09. The predicted molar refractivity (Wildman–Crippen MR) is 76.8 cm³/mol. The molecule has 0 fully saturated rings. The van der Waals surface area contributed by atoms with Crippen LogP contribution in [0, 0.1) is 0 Å². The van der Waals surface area contributed by atoms with Crippen molar-refractivity contribution in [3.63, 3.8) is 0 Å². The second kappa shape index (κ2) is 9.01. The van der Waals surface area contributed by atoms with E-state index in [9.17, 15) is 75.4 Å². The molecule has 200 valence electrons. The molecule has 1 unspecified atom stereocenters. The number of hydrogen-bond donors (Lipinski definition) is 0. The monoisotopic (exact) mass is 540 g/mol. The van der Waals surface area contributed by atoms with E-state index < -0.39 is 71.9 Å². The molecule has 0 heterocycles. The summed E-state index contributed by atoms with van der Waals surface area (Å²) >= 11 is 0. The fraction of sp³-hybridized carbons (Fsp3) is 0.733. The Morgan fingerprint density at radius 3 is 1.35 bits per heavy atom. The van der Waals surface area contributed by atoms with Gasteiger partial charge in [-0.05, 0) is 6.92 Å². The molecule has 0 N–H and O–H groups in total. The van der Waals surface area contributed by atoms with Crippen LogP contribution >= 0.6 is 0 Å². The quantitative estimate of drug-likeness (QED) is 0.153. The maximum atomic E-state index is 13.7. The fourth-order valence-corrected chi connectivity index (χ4v) is 1.70. The van der Waals surface area contributed by atoms with Gasteiger partial charge in [0.1, 0.15) is 0 Å². The van der Waals surface area contributed by atoms with Gasteiger partial charge >= 0.3 is 53.7 Å². The molecule has 0 aromatic heterocycles. The molecule has 0 spiro atoms. The van der Waals surface area contributed by atoms with Gasteiger partial charge in [0.2, 0.25) is 6.29 Å². The number of hydrogen-bond acceptors (Lipinski definition) is 4. The van der Waals surface area contributed by atoms with Gasteiger partial charge in [0, 0.05) is 12.0 Å². The van der Waals surface area contributed by atoms with Crippen LogP contribution in [0.3, 0.4) is 0 Å². The van der Waals surface area contributed by atoms with Crippen LogP contribution in [0.4, 0.5) is 65.9 Å². The largest absolute Gasteiger partial charge is 0.460 e. The van der Waals surface area contributed by atoms with Crippen LogP contribution < -0.4 is 0 Å². The summed E-state index contributed by atoms with van der Waals surface area (Å²) in [6, 6.07) is 0. The first kappa shape index (κ1) is 31.6. The number of alkyl halides is 15. The van der Waals surface area contributed by atoms with Crippen LogP contribution in [0.15, 0.2) is 12.2 Å². The van der Waals surface area contributed by atoms with Crippen molar-refractivity contribution in [3.05, 3.63) is 12.2 Å². The number of carbonyl (C=O) groups is 2. The lowest BCUT2D eigenvalue weighted by atomic mass is 9.91. The van der Waals surface area contributed by atoms with Crippen molar-refractivity contribution in [2.24, 2.45) is 0 Å². The summed E-state index contributed by atoms with van der Waals surface area (Å²) in [4.78, 5) is 22.5. The van der Waals surface area contributed by atoms with Crippen LogP contribution in [-0.2, 0) is 19.1 Å². The maximum absolute atomic E-state index is 13.7. The smallest absolute Gasteiger partial charge is 0.422 e. The maximum Gasteiger partial charge on any atom is 0.460 e. The van der Waals surface area contributed by atoms with Gasteiger partial charge in [-0.25, -0.2) is 9.59 Å². The zero-order valence-electron chi connectivity index (χ0n) is 16.3. The van der Waals surface area contributed by atoms with Gasteiger partial charge in [0.05, 0.1) is 0 Å². The summed E-state index contributed by atoms with van der Waals surface area (Å²) in [5.41, 5.74) is -0.523. The summed E-state index contributed by atoms with van der Waals surface area (Å²) in [7, 11) is 0. The molecule has 0 aliphatic carbocycles. The third-order valence-corrected chi connectivity index (χ3v) is 3.74. The standard InChI is InChI=1S/C15H11F15O4/c1-4-6(33-7(31)5(2)3)34-8(32)9(16,17)10(18,19)11(20,21)12(22,23)13(24,25)14(26,27)15(28,29)30/h6H,2,4H2,1,3H3. The summed E-state index contributed by atoms with van der Waals surface area (Å²) in [5.74, 6) is -54.3. The highest BCUT2D eigenvalue weighted by atomic mass is 19.4. The van der Waals surface area contributed by atoms with E-state index in [0.717, 1.165) is 13.8 Å². The SMILES string of the molecule is C=C(C)C(=O)OC(CC)OC(=O)C(F)(F)C(F)(F)C(F)(F)C(F)(F)C(F)(F)C(F)(F)C(F)(F)F. The molecule has 0 amide bonds. The van der Waals surface area contributed by atoms with Crippen molar-refractivity contribution in [1.29, 1.82) is 0 Å². The molecule has 34 heavy (non-hydrogen) atoms. The van der Waals surface area contributed by atoms with E-state index in [1.54, 1.807) is 0 Å². The Bertz CT molecular complexity index is 800. The van der Waals surface area contributed by atoms with Gasteiger partial charge in [0.25, 0.3) is 0 Å². The Morgan fingerprint density at radius 1 is 0.676 bits per heavy atom. The predicted octanol–water partition coefficient (Wildman–Crippen LogP) is 5.76. The molecule has 0 aliphatic heterocycles. The van der Waals surface area contributed by atoms with Crippen molar-refractivity contribution in [1.82, 2.24) is 0 Å². The van der Waals surface area contributed by atoms with E-state index in [0.29, 0.717) is 0 Å². The molecule has 0 saturated carbocycles. The number of rotatable bonds is 10. The van der Waals surface area contributed by atoms with Crippen molar-refractivity contribution in [2.45, 2.75) is 68.3 Å². The van der Waals surface area contributed by atoms with Crippen LogP contribution in [0.2, 0.25) is 0 Å². The summed E-state index contributed by atoms with van der Waals surface area (Å²) in [6.45, 7) is 4.70. The fourth-order valence-electron chi connectivity index (χ4n) is 1.70. The molecule has 4 nitrogen and oxygen atoms in total. The molecule has 0 aromatic carbocycles. The van der Waals surface area contributed by atoms with Crippen LogP contribution in [-0.4, -0.2) is 59.9 Å². The molecule has 0 saturated heterocycles. The topological polar surface area (TPSA) is 52.6 Å². The Labute approximate surface area is 178 Å². The zero-order valence-corrected chi connectivity index (χ0v) is 16.3. The first-order valence-electron chi connectivity index (χ1n) is 8.09. The van der Waals surface area contributed by atoms with Crippen LogP contribution in [0.1, 0.15) is 20.3 Å².